The number of piperazine rings is 1. The van der Waals surface area contributed by atoms with E-state index >= 15 is 0 Å². The zero-order chi connectivity index (χ0) is 27.4. The minimum Gasteiger partial charge on any atom is -0.335 e. The Hall–Kier alpha value is -2.24. The fourth-order valence-electron chi connectivity index (χ4n) is 5.42. The van der Waals surface area contributed by atoms with E-state index < -0.39 is 39.0 Å². The first-order valence-corrected chi connectivity index (χ1v) is 14.8. The molecule has 3 saturated heterocycles. The summed E-state index contributed by atoms with van der Waals surface area (Å²) >= 11 is 12.1. The lowest BCUT2D eigenvalue weighted by atomic mass is 9.95. The van der Waals surface area contributed by atoms with Crippen molar-refractivity contribution in [3.63, 3.8) is 0 Å². The van der Waals surface area contributed by atoms with Crippen LogP contribution >= 0.6 is 23.2 Å². The van der Waals surface area contributed by atoms with E-state index in [4.69, 9.17) is 23.2 Å². The Morgan fingerprint density at radius 1 is 0.974 bits per heavy atom. The highest BCUT2D eigenvalue weighted by Crippen LogP contribution is 2.35. The van der Waals surface area contributed by atoms with Gasteiger partial charge in [-0.15, -0.1) is 0 Å². The number of hydrogen-bond acceptors (Lipinski definition) is 5. The van der Waals surface area contributed by atoms with Gasteiger partial charge in [0.25, 0.3) is 0 Å². The van der Waals surface area contributed by atoms with E-state index in [1.54, 1.807) is 29.2 Å². The molecule has 0 aromatic heterocycles. The van der Waals surface area contributed by atoms with Gasteiger partial charge in [-0.2, -0.15) is 4.31 Å². The van der Waals surface area contributed by atoms with Gasteiger partial charge in [0.15, 0.2) is 0 Å². The molecular weight excluding hydrogens is 554 g/mol. The Bertz CT molecular complexity index is 1350. The molecule has 8 nitrogen and oxygen atoms in total. The molecule has 0 saturated carbocycles. The second kappa shape index (κ2) is 10.4. The fourth-order valence-corrected chi connectivity index (χ4v) is 7.45. The highest BCUT2D eigenvalue weighted by Gasteiger charge is 2.55. The summed E-state index contributed by atoms with van der Waals surface area (Å²) in [7, 11) is -4.43. The maximum atomic E-state index is 14.9. The first-order chi connectivity index (χ1) is 18.0. The van der Waals surface area contributed by atoms with E-state index in [9.17, 15) is 22.4 Å². The normalized spacial score (nSPS) is 25.1. The third kappa shape index (κ3) is 4.81. The summed E-state index contributed by atoms with van der Waals surface area (Å²) in [5.74, 6) is -1.47. The molecule has 3 fully saturated rings. The Balaban J connectivity index is 1.62. The first kappa shape index (κ1) is 27.3. The van der Waals surface area contributed by atoms with Crippen molar-refractivity contribution in [3.8, 4) is 0 Å². The van der Waals surface area contributed by atoms with Crippen LogP contribution in [0.5, 0.6) is 0 Å². The predicted molar refractivity (Wildman–Crippen MR) is 142 cm³/mol. The Labute approximate surface area is 231 Å². The monoisotopic (exact) mass is 582 g/mol. The van der Waals surface area contributed by atoms with Gasteiger partial charge in [0.05, 0.1) is 6.54 Å². The predicted octanol–water partition coefficient (Wildman–Crippen LogP) is 3.23. The molecular formula is C26H29Cl2FN4O4S. The van der Waals surface area contributed by atoms with Crippen molar-refractivity contribution in [3.05, 3.63) is 63.9 Å². The molecule has 3 aliphatic heterocycles. The molecule has 0 aliphatic carbocycles. The molecule has 3 atom stereocenters. The zero-order valence-corrected chi connectivity index (χ0v) is 23.4. The first-order valence-electron chi connectivity index (χ1n) is 12.6. The molecule has 12 heteroatoms. The smallest absolute Gasteiger partial charge is 0.247 e. The summed E-state index contributed by atoms with van der Waals surface area (Å²) in [6.45, 7) is 4.81. The Morgan fingerprint density at radius 2 is 1.63 bits per heavy atom. The third-order valence-electron chi connectivity index (χ3n) is 7.59. The van der Waals surface area contributed by atoms with E-state index in [-0.39, 0.29) is 42.4 Å². The number of sulfonamides is 1. The van der Waals surface area contributed by atoms with Gasteiger partial charge in [-0.3, -0.25) is 14.5 Å². The van der Waals surface area contributed by atoms with Crippen LogP contribution in [0.25, 0.3) is 0 Å². The fraction of sp³-hybridized carbons (Fsp3) is 0.462. The summed E-state index contributed by atoms with van der Waals surface area (Å²) in [5, 5.41) is 0.621. The highest BCUT2D eigenvalue weighted by atomic mass is 35.5. The molecule has 3 unspecified atom stereocenters. The van der Waals surface area contributed by atoms with Gasteiger partial charge in [0.1, 0.15) is 29.0 Å². The van der Waals surface area contributed by atoms with Crippen LogP contribution < -0.4 is 0 Å². The largest absolute Gasteiger partial charge is 0.335 e. The molecule has 0 radical (unpaired) electrons. The van der Waals surface area contributed by atoms with Crippen molar-refractivity contribution in [2.75, 3.05) is 26.2 Å². The molecule has 2 amide bonds. The third-order valence-corrected chi connectivity index (χ3v) is 9.95. The molecule has 3 heterocycles. The van der Waals surface area contributed by atoms with Gasteiger partial charge in [0.2, 0.25) is 21.8 Å². The van der Waals surface area contributed by atoms with Gasteiger partial charge >= 0.3 is 0 Å². The summed E-state index contributed by atoms with van der Waals surface area (Å²) in [4.78, 5) is 32.1. The molecule has 2 aromatic rings. The van der Waals surface area contributed by atoms with Crippen molar-refractivity contribution >= 4 is 45.0 Å². The van der Waals surface area contributed by atoms with Crippen molar-refractivity contribution in [2.24, 2.45) is 0 Å². The summed E-state index contributed by atoms with van der Waals surface area (Å²) in [6, 6.07) is 8.43. The average Bonchev–Trinajstić information content (AvgIpc) is 2.83. The number of nitrogens with zero attached hydrogens (tertiary/aromatic N) is 4. The SMILES string of the molecule is CC(C)N1CC2N(C(=O)C(N3CCC3)CN2S(=O)(=O)c2cc(Cl)ccc2F)C(Cc2ccc(Cl)cc2)C1=O. The van der Waals surface area contributed by atoms with Crippen LogP contribution in [0.4, 0.5) is 4.39 Å². The molecule has 0 spiro atoms. The number of amides is 2. The van der Waals surface area contributed by atoms with Crippen LogP contribution in [-0.2, 0) is 26.0 Å². The van der Waals surface area contributed by atoms with Gasteiger partial charge in [0, 0.05) is 42.1 Å². The number of fused-ring (bicyclic) bond motifs is 1. The lowest BCUT2D eigenvalue weighted by molar-refractivity contribution is -0.173. The quantitative estimate of drug-likeness (QED) is 0.522. The summed E-state index contributed by atoms with van der Waals surface area (Å²) in [6.07, 6.45) is 0.0749. The molecule has 0 bridgehead atoms. The zero-order valence-electron chi connectivity index (χ0n) is 21.1. The summed E-state index contributed by atoms with van der Waals surface area (Å²) in [5.41, 5.74) is 0.784. The average molecular weight is 584 g/mol. The van der Waals surface area contributed by atoms with E-state index in [2.05, 4.69) is 0 Å². The molecule has 2 aromatic carbocycles. The number of carbonyl (C=O) groups is 2. The van der Waals surface area contributed by atoms with E-state index in [0.29, 0.717) is 18.1 Å². The second-order valence-electron chi connectivity index (χ2n) is 10.2. The maximum absolute atomic E-state index is 14.9. The lowest BCUT2D eigenvalue weighted by Gasteiger charge is -2.56. The van der Waals surface area contributed by atoms with Gasteiger partial charge in [-0.25, -0.2) is 12.8 Å². The van der Waals surface area contributed by atoms with Crippen LogP contribution in [0.2, 0.25) is 10.0 Å². The number of benzene rings is 2. The standard InChI is InChI=1S/C26H29Cl2FN4O4S/c1-16(2)31-15-24-32(38(36,37)23-13-19(28)8-9-20(23)29)14-22(30-10-3-11-30)26(35)33(24)21(25(31)34)12-17-4-6-18(27)7-5-17/h4-9,13,16,21-22,24H,3,10-12,14-15H2,1-2H3. The maximum Gasteiger partial charge on any atom is 0.247 e. The van der Waals surface area contributed by atoms with Crippen molar-refractivity contribution in [1.29, 1.82) is 0 Å². The Morgan fingerprint density at radius 3 is 2.24 bits per heavy atom. The Kier molecular flexibility index (Phi) is 7.47. The van der Waals surface area contributed by atoms with Crippen LogP contribution in [0.3, 0.4) is 0 Å². The highest BCUT2D eigenvalue weighted by molar-refractivity contribution is 7.89. The van der Waals surface area contributed by atoms with Crippen molar-refractivity contribution in [2.45, 2.75) is 55.9 Å². The van der Waals surface area contributed by atoms with Gasteiger partial charge < -0.3 is 9.80 Å². The molecule has 204 valence electrons. The number of hydrogen-bond donors (Lipinski definition) is 0. The van der Waals surface area contributed by atoms with Crippen LogP contribution in [-0.4, -0.2) is 89.7 Å². The van der Waals surface area contributed by atoms with Crippen LogP contribution in [0.1, 0.15) is 25.8 Å². The van der Waals surface area contributed by atoms with E-state index in [1.807, 2.05) is 18.7 Å². The van der Waals surface area contributed by atoms with E-state index in [0.717, 1.165) is 24.1 Å². The van der Waals surface area contributed by atoms with Crippen molar-refractivity contribution in [1.82, 2.24) is 19.0 Å². The molecule has 38 heavy (non-hydrogen) atoms. The molecule has 0 N–H and O–H groups in total. The van der Waals surface area contributed by atoms with Gasteiger partial charge in [-0.05, 0) is 56.2 Å². The minimum atomic E-state index is -4.43. The van der Waals surface area contributed by atoms with E-state index in [1.165, 1.54) is 15.3 Å². The van der Waals surface area contributed by atoms with Crippen LogP contribution in [0, 0.1) is 5.82 Å². The number of carbonyl (C=O) groups excluding carboxylic acids is 2. The van der Waals surface area contributed by atoms with Crippen molar-refractivity contribution < 1.29 is 22.4 Å². The lowest BCUT2D eigenvalue weighted by Crippen LogP contribution is -2.77. The number of likely N-dealkylation sites (tertiary alicyclic amines) is 1. The summed E-state index contributed by atoms with van der Waals surface area (Å²) < 4.78 is 44.1. The topological polar surface area (TPSA) is 81.2 Å². The molecule has 5 rings (SSSR count). The minimum absolute atomic E-state index is 0.0203. The van der Waals surface area contributed by atoms with Crippen LogP contribution in [0.15, 0.2) is 47.4 Å². The van der Waals surface area contributed by atoms with Gasteiger partial charge in [-0.1, -0.05) is 35.3 Å². The number of halogens is 3. The number of rotatable bonds is 6. The molecule has 3 aliphatic rings. The second-order valence-corrected chi connectivity index (χ2v) is 12.9.